The molecule has 0 spiro atoms. The van der Waals surface area contributed by atoms with Crippen LogP contribution in [0.3, 0.4) is 0 Å². The maximum atomic E-state index is 13.1. The van der Waals surface area contributed by atoms with Gasteiger partial charge in [-0.05, 0) is 45.1 Å². The number of nitrogens with zero attached hydrogens (tertiary/aromatic N) is 1. The highest BCUT2D eigenvalue weighted by Crippen LogP contribution is 2.21. The Balaban J connectivity index is 3.12. The number of carbonyl (C=O) groups is 1. The minimum Gasteiger partial charge on any atom is -0.298 e. The molecule has 0 bridgehead atoms. The van der Waals surface area contributed by atoms with Gasteiger partial charge in [0.15, 0.2) is 5.78 Å². The Morgan fingerprint density at radius 2 is 2.00 bits per heavy atom. The number of Topliss-reactive ketones (excluding diaryl/α,β-unsaturated/α-hetero) is 1. The molecule has 0 aliphatic carbocycles. The molecule has 0 amide bonds. The number of benzene rings is 1. The fourth-order valence-electron chi connectivity index (χ4n) is 1.73. The van der Waals surface area contributed by atoms with E-state index in [4.69, 9.17) is 0 Å². The Morgan fingerprint density at radius 1 is 1.40 bits per heavy atom. The van der Waals surface area contributed by atoms with E-state index in [1.54, 1.807) is 26.0 Å². The molecule has 1 aromatic rings. The highest BCUT2D eigenvalue weighted by molar-refractivity contribution is 5.82. The summed E-state index contributed by atoms with van der Waals surface area (Å²) in [6, 6.07) is 4.50. The van der Waals surface area contributed by atoms with Crippen molar-refractivity contribution >= 4 is 5.78 Å². The van der Waals surface area contributed by atoms with Crippen LogP contribution in [0.1, 0.15) is 24.1 Å². The van der Waals surface area contributed by atoms with E-state index in [0.717, 1.165) is 5.56 Å². The van der Waals surface area contributed by atoms with Crippen molar-refractivity contribution in [2.24, 2.45) is 0 Å². The summed E-state index contributed by atoms with van der Waals surface area (Å²) in [5.74, 6) is -0.175. The summed E-state index contributed by atoms with van der Waals surface area (Å²) < 4.78 is 13.1. The van der Waals surface area contributed by atoms with Crippen LogP contribution in [0.5, 0.6) is 0 Å². The van der Waals surface area contributed by atoms with Crippen LogP contribution in [0.2, 0.25) is 0 Å². The number of carbonyl (C=O) groups excluding carboxylic acids is 1. The Hall–Kier alpha value is -1.22. The summed E-state index contributed by atoms with van der Waals surface area (Å²) in [7, 11) is 3.68. The second-order valence-electron chi connectivity index (χ2n) is 3.99. The lowest BCUT2D eigenvalue weighted by Crippen LogP contribution is -2.26. The van der Waals surface area contributed by atoms with Crippen molar-refractivity contribution in [2.75, 3.05) is 14.1 Å². The summed E-state index contributed by atoms with van der Waals surface area (Å²) in [5, 5.41) is 0. The van der Waals surface area contributed by atoms with Crippen LogP contribution in [0.25, 0.3) is 0 Å². The van der Waals surface area contributed by atoms with Gasteiger partial charge in [-0.2, -0.15) is 0 Å². The molecule has 0 saturated heterocycles. The van der Waals surface area contributed by atoms with Crippen molar-refractivity contribution in [1.82, 2.24) is 4.90 Å². The summed E-state index contributed by atoms with van der Waals surface area (Å²) in [6.07, 6.45) is 0. The molecular weight excluding hydrogens is 193 g/mol. The van der Waals surface area contributed by atoms with Gasteiger partial charge >= 0.3 is 0 Å². The van der Waals surface area contributed by atoms with Gasteiger partial charge in [0.1, 0.15) is 5.82 Å². The van der Waals surface area contributed by atoms with E-state index in [2.05, 4.69) is 0 Å². The van der Waals surface area contributed by atoms with Gasteiger partial charge < -0.3 is 0 Å². The summed E-state index contributed by atoms with van der Waals surface area (Å²) in [4.78, 5) is 13.3. The Morgan fingerprint density at radius 3 is 2.40 bits per heavy atom. The third kappa shape index (κ3) is 2.63. The minimum absolute atomic E-state index is 0.0611. The molecule has 3 heteroatoms. The fourth-order valence-corrected chi connectivity index (χ4v) is 1.73. The summed E-state index contributed by atoms with van der Waals surface area (Å²) in [6.45, 7) is 3.25. The second kappa shape index (κ2) is 4.53. The van der Waals surface area contributed by atoms with E-state index < -0.39 is 0 Å². The van der Waals surface area contributed by atoms with Gasteiger partial charge in [-0.25, -0.2) is 4.39 Å². The number of aryl methyl sites for hydroxylation is 1. The minimum atomic E-state index is -0.288. The molecule has 0 aromatic heterocycles. The van der Waals surface area contributed by atoms with Crippen molar-refractivity contribution < 1.29 is 9.18 Å². The number of ketones is 1. The third-order valence-corrected chi connectivity index (χ3v) is 2.40. The highest BCUT2D eigenvalue weighted by Gasteiger charge is 2.19. The number of hydrogen-bond donors (Lipinski definition) is 0. The molecule has 0 aliphatic rings. The van der Waals surface area contributed by atoms with Crippen LogP contribution < -0.4 is 0 Å². The molecule has 1 rings (SSSR count). The van der Waals surface area contributed by atoms with Crippen LogP contribution in [-0.2, 0) is 4.79 Å². The van der Waals surface area contributed by atoms with E-state index in [-0.39, 0.29) is 17.6 Å². The average Bonchev–Trinajstić information content (AvgIpc) is 2.10. The zero-order valence-corrected chi connectivity index (χ0v) is 9.54. The van der Waals surface area contributed by atoms with Gasteiger partial charge in [0.05, 0.1) is 6.04 Å². The van der Waals surface area contributed by atoms with Gasteiger partial charge in [-0.1, -0.05) is 12.1 Å². The van der Waals surface area contributed by atoms with E-state index in [0.29, 0.717) is 5.56 Å². The predicted molar refractivity (Wildman–Crippen MR) is 58.2 cm³/mol. The first-order valence-electron chi connectivity index (χ1n) is 4.86. The molecule has 0 radical (unpaired) electrons. The van der Waals surface area contributed by atoms with Crippen LogP contribution in [-0.4, -0.2) is 24.8 Å². The van der Waals surface area contributed by atoms with Crippen molar-refractivity contribution in [3.05, 3.63) is 35.1 Å². The Kier molecular flexibility index (Phi) is 3.58. The van der Waals surface area contributed by atoms with Gasteiger partial charge in [-0.3, -0.25) is 9.69 Å². The van der Waals surface area contributed by atoms with Crippen molar-refractivity contribution in [3.8, 4) is 0 Å². The van der Waals surface area contributed by atoms with E-state index >= 15 is 0 Å². The smallest absolute Gasteiger partial charge is 0.151 e. The van der Waals surface area contributed by atoms with E-state index in [1.165, 1.54) is 6.07 Å². The zero-order chi connectivity index (χ0) is 11.6. The van der Waals surface area contributed by atoms with Gasteiger partial charge in [0.25, 0.3) is 0 Å². The highest BCUT2D eigenvalue weighted by atomic mass is 19.1. The maximum Gasteiger partial charge on any atom is 0.151 e. The monoisotopic (exact) mass is 209 g/mol. The van der Waals surface area contributed by atoms with E-state index in [1.807, 2.05) is 19.0 Å². The van der Waals surface area contributed by atoms with E-state index in [9.17, 15) is 9.18 Å². The topological polar surface area (TPSA) is 20.3 Å². The van der Waals surface area contributed by atoms with Gasteiger partial charge in [0, 0.05) is 0 Å². The standard InChI is InChI=1S/C12H16FNO/c1-8-7-10(5-6-11(8)13)12(9(2)15)14(3)4/h5-7,12H,1-4H3. The van der Waals surface area contributed by atoms with Crippen molar-refractivity contribution in [2.45, 2.75) is 19.9 Å². The molecule has 1 unspecified atom stereocenters. The Labute approximate surface area is 89.7 Å². The maximum absolute atomic E-state index is 13.1. The molecule has 82 valence electrons. The first-order valence-corrected chi connectivity index (χ1v) is 4.86. The van der Waals surface area contributed by atoms with Crippen molar-refractivity contribution in [3.63, 3.8) is 0 Å². The number of hydrogen-bond acceptors (Lipinski definition) is 2. The molecule has 1 aromatic carbocycles. The molecule has 0 heterocycles. The normalized spacial score (nSPS) is 12.9. The molecule has 0 fully saturated rings. The SMILES string of the molecule is CC(=O)C(c1ccc(F)c(C)c1)N(C)C. The molecule has 1 atom stereocenters. The molecule has 0 aliphatic heterocycles. The summed E-state index contributed by atoms with van der Waals surface area (Å²) >= 11 is 0. The molecule has 15 heavy (non-hydrogen) atoms. The number of halogens is 1. The first kappa shape index (κ1) is 11.9. The Bertz CT molecular complexity index is 374. The lowest BCUT2D eigenvalue weighted by molar-refractivity contribution is -0.121. The van der Waals surface area contributed by atoms with Crippen LogP contribution in [0, 0.1) is 12.7 Å². The molecule has 0 N–H and O–H groups in total. The fraction of sp³-hybridized carbons (Fsp3) is 0.417. The van der Waals surface area contributed by atoms with Gasteiger partial charge in [-0.15, -0.1) is 0 Å². The predicted octanol–water partition coefficient (Wildman–Crippen LogP) is 2.33. The zero-order valence-electron chi connectivity index (χ0n) is 9.54. The third-order valence-electron chi connectivity index (χ3n) is 2.40. The summed E-state index contributed by atoms with van der Waals surface area (Å²) in [5.41, 5.74) is 1.41. The van der Waals surface area contributed by atoms with Crippen LogP contribution >= 0.6 is 0 Å². The van der Waals surface area contributed by atoms with Crippen LogP contribution in [0.4, 0.5) is 4.39 Å². The number of likely N-dealkylation sites (N-methyl/N-ethyl adjacent to an activating group) is 1. The molecule has 2 nitrogen and oxygen atoms in total. The largest absolute Gasteiger partial charge is 0.298 e. The molecular formula is C12H16FNO. The lowest BCUT2D eigenvalue weighted by Gasteiger charge is -2.22. The number of rotatable bonds is 3. The first-order chi connectivity index (χ1) is 6.93. The quantitative estimate of drug-likeness (QED) is 0.761. The average molecular weight is 209 g/mol. The second-order valence-corrected chi connectivity index (χ2v) is 3.99. The van der Waals surface area contributed by atoms with Gasteiger partial charge in [0.2, 0.25) is 0 Å². The van der Waals surface area contributed by atoms with Crippen LogP contribution in [0.15, 0.2) is 18.2 Å². The van der Waals surface area contributed by atoms with Crippen molar-refractivity contribution in [1.29, 1.82) is 0 Å². The molecule has 0 saturated carbocycles. The lowest BCUT2D eigenvalue weighted by atomic mass is 10.0.